The molecule has 1 heterocycles. The molecule has 0 aliphatic heterocycles. The van der Waals surface area contributed by atoms with E-state index >= 15 is 0 Å². The van der Waals surface area contributed by atoms with Crippen LogP contribution in [-0.2, 0) is 6.54 Å². The van der Waals surface area contributed by atoms with Gasteiger partial charge in [-0.2, -0.15) is 5.10 Å². The quantitative estimate of drug-likeness (QED) is 0.855. The van der Waals surface area contributed by atoms with Gasteiger partial charge in [-0.3, -0.25) is 4.79 Å². The lowest BCUT2D eigenvalue weighted by Gasteiger charge is -2.09. The first kappa shape index (κ1) is 13.5. The third-order valence-electron chi connectivity index (χ3n) is 2.98. The average molecular weight is 259 g/mol. The summed E-state index contributed by atoms with van der Waals surface area (Å²) in [5, 5.41) is 13.9. The number of hydrogen-bond acceptors (Lipinski definition) is 4. The van der Waals surface area contributed by atoms with Crippen molar-refractivity contribution in [1.29, 1.82) is 0 Å². The van der Waals surface area contributed by atoms with Gasteiger partial charge in [0, 0.05) is 24.7 Å². The van der Waals surface area contributed by atoms with Crippen LogP contribution in [0.25, 0.3) is 11.3 Å². The monoisotopic (exact) mass is 259 g/mol. The number of aliphatic hydroxyl groups excluding tert-OH is 1. The van der Waals surface area contributed by atoms with Crippen LogP contribution in [0.15, 0.2) is 41.2 Å². The van der Waals surface area contributed by atoms with E-state index in [1.54, 1.807) is 6.07 Å². The molecule has 1 unspecified atom stereocenters. The first-order chi connectivity index (χ1) is 9.15. The Balaban J connectivity index is 2.34. The number of aromatic nitrogens is 2. The van der Waals surface area contributed by atoms with Gasteiger partial charge in [-0.15, -0.1) is 0 Å². The van der Waals surface area contributed by atoms with Crippen LogP contribution in [0.1, 0.15) is 18.6 Å². The summed E-state index contributed by atoms with van der Waals surface area (Å²) in [5.41, 5.74) is 7.70. The van der Waals surface area contributed by atoms with E-state index in [9.17, 15) is 9.90 Å². The first-order valence-electron chi connectivity index (χ1n) is 6.22. The van der Waals surface area contributed by atoms with E-state index in [-0.39, 0.29) is 12.1 Å². The van der Waals surface area contributed by atoms with Crippen LogP contribution in [-0.4, -0.2) is 21.4 Å². The smallest absolute Gasteiger partial charge is 0.266 e. The Morgan fingerprint density at radius 2 is 1.95 bits per heavy atom. The second kappa shape index (κ2) is 5.77. The summed E-state index contributed by atoms with van der Waals surface area (Å²) in [6, 6.07) is 10.6. The predicted octanol–water partition coefficient (Wildman–Crippen LogP) is 0.922. The molecule has 0 aliphatic carbocycles. The van der Waals surface area contributed by atoms with Gasteiger partial charge in [0.2, 0.25) is 0 Å². The van der Waals surface area contributed by atoms with Gasteiger partial charge in [-0.1, -0.05) is 24.3 Å². The fourth-order valence-corrected chi connectivity index (χ4v) is 1.84. The Hall–Kier alpha value is -1.98. The van der Waals surface area contributed by atoms with Crippen LogP contribution >= 0.6 is 0 Å². The minimum absolute atomic E-state index is 0.110. The second-order valence-corrected chi connectivity index (χ2v) is 4.25. The number of hydrogen-bond donors (Lipinski definition) is 2. The van der Waals surface area contributed by atoms with Crippen molar-refractivity contribution < 1.29 is 5.11 Å². The van der Waals surface area contributed by atoms with Gasteiger partial charge in [0.25, 0.3) is 5.56 Å². The highest BCUT2D eigenvalue weighted by Gasteiger charge is 2.06. The summed E-state index contributed by atoms with van der Waals surface area (Å²) < 4.78 is 1.41. The molecule has 0 fully saturated rings. The van der Waals surface area contributed by atoms with Crippen molar-refractivity contribution in [1.82, 2.24) is 9.78 Å². The number of rotatable bonds is 4. The molecule has 5 nitrogen and oxygen atoms in total. The molecule has 0 amide bonds. The summed E-state index contributed by atoms with van der Waals surface area (Å²) in [4.78, 5) is 11.5. The third-order valence-corrected chi connectivity index (χ3v) is 2.98. The van der Waals surface area contributed by atoms with Crippen molar-refractivity contribution in [2.24, 2.45) is 5.73 Å². The highest BCUT2D eigenvalue weighted by atomic mass is 16.3. The van der Waals surface area contributed by atoms with Gasteiger partial charge >= 0.3 is 0 Å². The molecular weight excluding hydrogens is 242 g/mol. The van der Waals surface area contributed by atoms with Crippen molar-refractivity contribution in [2.75, 3.05) is 6.54 Å². The lowest BCUT2D eigenvalue weighted by atomic mass is 10.1. The standard InChI is InChI=1S/C14H17N3O2/c1-2-17-14(19)8-7-12(16-17)10-3-5-11(6-4-10)13(18)9-15/h3-8,13,18H,2,9,15H2,1H3. The molecule has 1 aromatic carbocycles. The Morgan fingerprint density at radius 1 is 1.26 bits per heavy atom. The highest BCUT2D eigenvalue weighted by molar-refractivity contribution is 5.58. The summed E-state index contributed by atoms with van der Waals surface area (Å²) in [6.45, 7) is 2.60. The molecule has 0 bridgehead atoms. The van der Waals surface area contributed by atoms with Crippen molar-refractivity contribution in [3.63, 3.8) is 0 Å². The largest absolute Gasteiger partial charge is 0.387 e. The molecule has 0 saturated heterocycles. The first-order valence-corrected chi connectivity index (χ1v) is 6.22. The Bertz CT molecular complexity index is 605. The molecule has 1 aromatic heterocycles. The maximum absolute atomic E-state index is 11.5. The summed E-state index contributed by atoms with van der Waals surface area (Å²) in [6.07, 6.45) is -0.647. The zero-order valence-corrected chi connectivity index (χ0v) is 10.8. The van der Waals surface area contributed by atoms with E-state index in [4.69, 9.17) is 5.73 Å². The van der Waals surface area contributed by atoms with Gasteiger partial charge in [0.1, 0.15) is 0 Å². The van der Waals surface area contributed by atoms with Crippen molar-refractivity contribution >= 4 is 0 Å². The number of nitrogens with zero attached hydrogens (tertiary/aromatic N) is 2. The van der Waals surface area contributed by atoms with Crippen molar-refractivity contribution in [3.8, 4) is 11.3 Å². The molecule has 19 heavy (non-hydrogen) atoms. The topological polar surface area (TPSA) is 81.1 Å². The lowest BCUT2D eigenvalue weighted by Crippen LogP contribution is -2.21. The van der Waals surface area contributed by atoms with Crippen molar-refractivity contribution in [2.45, 2.75) is 19.6 Å². The van der Waals surface area contributed by atoms with Crippen molar-refractivity contribution in [3.05, 3.63) is 52.3 Å². The van der Waals surface area contributed by atoms with E-state index in [1.807, 2.05) is 31.2 Å². The molecule has 5 heteroatoms. The molecule has 0 radical (unpaired) electrons. The van der Waals surface area contributed by atoms with Gasteiger partial charge in [0.05, 0.1) is 11.8 Å². The van der Waals surface area contributed by atoms with Crippen LogP contribution in [0.5, 0.6) is 0 Å². The van der Waals surface area contributed by atoms with Gasteiger partial charge in [0.15, 0.2) is 0 Å². The fourth-order valence-electron chi connectivity index (χ4n) is 1.84. The summed E-state index contributed by atoms with van der Waals surface area (Å²) >= 11 is 0. The van der Waals surface area contributed by atoms with Crippen LogP contribution in [0, 0.1) is 0 Å². The second-order valence-electron chi connectivity index (χ2n) is 4.25. The minimum atomic E-state index is -0.647. The van der Waals surface area contributed by atoms with Crippen LogP contribution in [0.4, 0.5) is 0 Å². The Labute approximate surface area is 111 Å². The molecule has 0 saturated carbocycles. The zero-order valence-electron chi connectivity index (χ0n) is 10.8. The van der Waals surface area contributed by atoms with Crippen LogP contribution < -0.4 is 11.3 Å². The fraction of sp³-hybridized carbons (Fsp3) is 0.286. The molecule has 0 aliphatic rings. The van der Waals surface area contributed by atoms with E-state index in [0.717, 1.165) is 16.8 Å². The maximum atomic E-state index is 11.5. The summed E-state index contributed by atoms with van der Waals surface area (Å²) in [7, 11) is 0. The van der Waals surface area contributed by atoms with Crippen LogP contribution in [0.3, 0.4) is 0 Å². The Morgan fingerprint density at radius 3 is 2.53 bits per heavy atom. The highest BCUT2D eigenvalue weighted by Crippen LogP contribution is 2.19. The van der Waals surface area contributed by atoms with E-state index < -0.39 is 6.10 Å². The molecule has 2 rings (SSSR count). The van der Waals surface area contributed by atoms with Gasteiger partial charge < -0.3 is 10.8 Å². The number of benzene rings is 1. The van der Waals surface area contributed by atoms with Gasteiger partial charge in [-0.05, 0) is 18.6 Å². The van der Waals surface area contributed by atoms with E-state index in [2.05, 4.69) is 5.10 Å². The molecule has 1 atom stereocenters. The number of aliphatic hydroxyl groups is 1. The van der Waals surface area contributed by atoms with Gasteiger partial charge in [-0.25, -0.2) is 4.68 Å². The normalized spacial score (nSPS) is 12.4. The van der Waals surface area contributed by atoms with E-state index in [1.165, 1.54) is 10.7 Å². The minimum Gasteiger partial charge on any atom is -0.387 e. The maximum Gasteiger partial charge on any atom is 0.266 e. The Kier molecular flexibility index (Phi) is 4.09. The third kappa shape index (κ3) is 2.89. The molecule has 3 N–H and O–H groups in total. The molecular formula is C14H17N3O2. The number of nitrogens with two attached hydrogens (primary N) is 1. The molecule has 100 valence electrons. The van der Waals surface area contributed by atoms with E-state index in [0.29, 0.717) is 6.54 Å². The summed E-state index contributed by atoms with van der Waals surface area (Å²) in [5.74, 6) is 0. The lowest BCUT2D eigenvalue weighted by molar-refractivity contribution is 0.187. The average Bonchev–Trinajstić information content (AvgIpc) is 2.47. The predicted molar refractivity (Wildman–Crippen MR) is 73.6 cm³/mol. The molecule has 0 spiro atoms. The molecule has 2 aromatic rings. The van der Waals surface area contributed by atoms with Crippen LogP contribution in [0.2, 0.25) is 0 Å². The zero-order chi connectivity index (χ0) is 13.8. The number of aryl methyl sites for hydroxylation is 1. The SMILES string of the molecule is CCn1nc(-c2ccc(C(O)CN)cc2)ccc1=O.